The van der Waals surface area contributed by atoms with E-state index in [1.54, 1.807) is 44.8 Å². The molecular formula is C20H22N4O3S. The molecule has 3 aromatic rings. The zero-order valence-electron chi connectivity index (χ0n) is 16.2. The van der Waals surface area contributed by atoms with Crippen LogP contribution in [0.25, 0.3) is 5.69 Å². The lowest BCUT2D eigenvalue weighted by atomic mass is 10.2. The highest BCUT2D eigenvalue weighted by Crippen LogP contribution is 2.26. The summed E-state index contributed by atoms with van der Waals surface area (Å²) in [7, 11) is -0.648. The van der Waals surface area contributed by atoms with Gasteiger partial charge in [0.2, 0.25) is 0 Å². The Labute approximate surface area is 164 Å². The van der Waals surface area contributed by atoms with Gasteiger partial charge in [-0.25, -0.2) is 13.1 Å². The smallest absolute Gasteiger partial charge is 0.262 e. The number of nitrogens with zero attached hydrogens (tertiary/aromatic N) is 3. The maximum Gasteiger partial charge on any atom is 0.262 e. The number of amides is 1. The predicted molar refractivity (Wildman–Crippen MR) is 108 cm³/mol. The van der Waals surface area contributed by atoms with Crippen molar-refractivity contribution in [3.8, 4) is 5.69 Å². The molecule has 1 amide bonds. The molecule has 1 N–H and O–H groups in total. The third-order valence-corrected chi connectivity index (χ3v) is 5.67. The number of rotatable bonds is 5. The van der Waals surface area contributed by atoms with Gasteiger partial charge in [0.05, 0.1) is 27.7 Å². The van der Waals surface area contributed by atoms with Crippen LogP contribution in [-0.2, 0) is 10.0 Å². The van der Waals surface area contributed by atoms with Crippen LogP contribution in [0.5, 0.6) is 0 Å². The summed E-state index contributed by atoms with van der Waals surface area (Å²) in [6.45, 7) is 3.55. The molecule has 0 aliphatic rings. The zero-order chi connectivity index (χ0) is 20.5. The monoisotopic (exact) mass is 398 g/mol. The molecule has 0 atom stereocenters. The van der Waals surface area contributed by atoms with Gasteiger partial charge in [-0.1, -0.05) is 24.3 Å². The highest BCUT2D eigenvalue weighted by atomic mass is 32.2. The molecule has 0 aliphatic carbocycles. The van der Waals surface area contributed by atoms with E-state index in [9.17, 15) is 13.2 Å². The van der Waals surface area contributed by atoms with Crippen molar-refractivity contribution >= 4 is 21.6 Å². The van der Waals surface area contributed by atoms with Crippen LogP contribution in [0, 0.1) is 13.8 Å². The lowest BCUT2D eigenvalue weighted by molar-refractivity contribution is 0.0827. The molecule has 0 bridgehead atoms. The first-order valence-electron chi connectivity index (χ1n) is 8.67. The normalized spacial score (nSPS) is 11.3. The largest absolute Gasteiger partial charge is 0.345 e. The SMILES string of the molecule is Cc1nn(-c2ccccc2)c(C)c1NS(=O)(=O)c1cccc(C(=O)N(C)C)c1. The first-order valence-corrected chi connectivity index (χ1v) is 10.1. The topological polar surface area (TPSA) is 84.3 Å². The first-order chi connectivity index (χ1) is 13.2. The van der Waals surface area contributed by atoms with Crippen LogP contribution in [-0.4, -0.2) is 43.1 Å². The van der Waals surface area contributed by atoms with Crippen molar-refractivity contribution in [2.75, 3.05) is 18.8 Å². The van der Waals surface area contributed by atoms with Gasteiger partial charge in [0.1, 0.15) is 0 Å². The molecule has 0 saturated heterocycles. The van der Waals surface area contributed by atoms with Gasteiger partial charge in [0, 0.05) is 19.7 Å². The average Bonchev–Trinajstić information content (AvgIpc) is 2.96. The van der Waals surface area contributed by atoms with Gasteiger partial charge in [-0.15, -0.1) is 0 Å². The molecule has 1 heterocycles. The first kappa shape index (κ1) is 19.6. The molecule has 8 heteroatoms. The summed E-state index contributed by atoms with van der Waals surface area (Å²) in [5.74, 6) is -0.263. The van der Waals surface area contributed by atoms with E-state index in [4.69, 9.17) is 0 Å². The fraction of sp³-hybridized carbons (Fsp3) is 0.200. The Kier molecular flexibility index (Phi) is 5.24. The van der Waals surface area contributed by atoms with E-state index < -0.39 is 10.0 Å². The van der Waals surface area contributed by atoms with Gasteiger partial charge in [-0.3, -0.25) is 9.52 Å². The van der Waals surface area contributed by atoms with Gasteiger partial charge < -0.3 is 4.90 Å². The quantitative estimate of drug-likeness (QED) is 0.716. The number of carbonyl (C=O) groups excluding carboxylic acids is 1. The number of benzene rings is 2. The molecule has 28 heavy (non-hydrogen) atoms. The van der Waals surface area contributed by atoms with Crippen molar-refractivity contribution in [3.63, 3.8) is 0 Å². The number of carbonyl (C=O) groups is 1. The van der Waals surface area contributed by atoms with Crippen LogP contribution in [0.4, 0.5) is 5.69 Å². The van der Waals surface area contributed by atoms with E-state index in [-0.39, 0.29) is 10.8 Å². The molecular weight excluding hydrogens is 376 g/mol. The number of aromatic nitrogens is 2. The van der Waals surface area contributed by atoms with E-state index >= 15 is 0 Å². The Hall–Kier alpha value is -3.13. The summed E-state index contributed by atoms with van der Waals surface area (Å²) in [4.78, 5) is 13.6. The number of nitrogens with one attached hydrogen (secondary N) is 1. The minimum atomic E-state index is -3.88. The van der Waals surface area contributed by atoms with Crippen molar-refractivity contribution in [2.45, 2.75) is 18.7 Å². The van der Waals surface area contributed by atoms with Crippen molar-refractivity contribution in [1.82, 2.24) is 14.7 Å². The number of anilines is 1. The van der Waals surface area contributed by atoms with Crippen LogP contribution < -0.4 is 4.72 Å². The summed E-state index contributed by atoms with van der Waals surface area (Å²) in [6, 6.07) is 15.5. The molecule has 2 aromatic carbocycles. The maximum absolute atomic E-state index is 12.9. The third kappa shape index (κ3) is 3.77. The van der Waals surface area contributed by atoms with Gasteiger partial charge in [-0.2, -0.15) is 5.10 Å². The van der Waals surface area contributed by atoms with E-state index in [1.807, 2.05) is 30.3 Å². The van der Waals surface area contributed by atoms with Crippen molar-refractivity contribution in [1.29, 1.82) is 0 Å². The summed E-state index contributed by atoms with van der Waals surface area (Å²) in [5, 5.41) is 4.46. The second kappa shape index (κ2) is 7.47. The van der Waals surface area contributed by atoms with Gasteiger partial charge >= 0.3 is 0 Å². The van der Waals surface area contributed by atoms with Crippen molar-refractivity contribution in [3.05, 3.63) is 71.5 Å². The molecule has 0 spiro atoms. The van der Waals surface area contributed by atoms with Crippen LogP contribution in [0.15, 0.2) is 59.5 Å². The van der Waals surface area contributed by atoms with Gasteiger partial charge in [-0.05, 0) is 44.2 Å². The van der Waals surface area contributed by atoms with E-state index in [1.165, 1.54) is 17.0 Å². The molecule has 146 valence electrons. The van der Waals surface area contributed by atoms with Crippen LogP contribution in [0.2, 0.25) is 0 Å². The van der Waals surface area contributed by atoms with E-state index in [0.29, 0.717) is 22.6 Å². The minimum absolute atomic E-state index is 0.0199. The van der Waals surface area contributed by atoms with Crippen molar-refractivity contribution < 1.29 is 13.2 Å². The minimum Gasteiger partial charge on any atom is -0.345 e. The molecule has 0 fully saturated rings. The summed E-state index contributed by atoms with van der Waals surface area (Å²) < 4.78 is 30.2. The lowest BCUT2D eigenvalue weighted by Crippen LogP contribution is -2.22. The fourth-order valence-corrected chi connectivity index (χ4v) is 4.08. The Bertz CT molecular complexity index is 1120. The molecule has 0 unspecified atom stereocenters. The number of sulfonamides is 1. The van der Waals surface area contributed by atoms with Crippen LogP contribution in [0.1, 0.15) is 21.7 Å². The predicted octanol–water partition coefficient (Wildman–Crippen LogP) is 2.99. The molecule has 0 radical (unpaired) electrons. The maximum atomic E-state index is 12.9. The Morgan fingerprint density at radius 3 is 2.36 bits per heavy atom. The molecule has 0 saturated carbocycles. The molecule has 1 aromatic heterocycles. The van der Waals surface area contributed by atoms with Gasteiger partial charge in [0.15, 0.2) is 0 Å². The van der Waals surface area contributed by atoms with Gasteiger partial charge in [0.25, 0.3) is 15.9 Å². The van der Waals surface area contributed by atoms with E-state index in [2.05, 4.69) is 9.82 Å². The third-order valence-electron chi connectivity index (χ3n) is 4.33. The summed E-state index contributed by atoms with van der Waals surface area (Å²) in [6.07, 6.45) is 0. The second-order valence-electron chi connectivity index (χ2n) is 6.63. The molecule has 3 rings (SSSR count). The van der Waals surface area contributed by atoms with E-state index in [0.717, 1.165) is 5.69 Å². The lowest BCUT2D eigenvalue weighted by Gasteiger charge is -2.12. The standard InChI is InChI=1S/C20H22N4O3S/c1-14-19(15(2)24(21-14)17-10-6-5-7-11-17)22-28(26,27)18-12-8-9-16(13-18)20(25)23(3)4/h5-13,22H,1-4H3. The second-order valence-corrected chi connectivity index (χ2v) is 8.31. The van der Waals surface area contributed by atoms with Crippen LogP contribution >= 0.6 is 0 Å². The number of hydrogen-bond donors (Lipinski definition) is 1. The number of aryl methyl sites for hydroxylation is 1. The fourth-order valence-electron chi connectivity index (χ4n) is 2.86. The Morgan fingerprint density at radius 2 is 1.71 bits per heavy atom. The average molecular weight is 398 g/mol. The molecule has 0 aliphatic heterocycles. The zero-order valence-corrected chi connectivity index (χ0v) is 17.0. The Morgan fingerprint density at radius 1 is 1.04 bits per heavy atom. The van der Waals surface area contributed by atoms with Crippen LogP contribution in [0.3, 0.4) is 0 Å². The Balaban J connectivity index is 1.97. The number of hydrogen-bond acceptors (Lipinski definition) is 4. The summed E-state index contributed by atoms with van der Waals surface area (Å²) >= 11 is 0. The number of para-hydroxylation sites is 1. The highest BCUT2D eigenvalue weighted by molar-refractivity contribution is 7.92. The highest BCUT2D eigenvalue weighted by Gasteiger charge is 2.21. The molecule has 7 nitrogen and oxygen atoms in total. The van der Waals surface area contributed by atoms with Crippen molar-refractivity contribution in [2.24, 2.45) is 0 Å². The summed E-state index contributed by atoms with van der Waals surface area (Å²) in [5.41, 5.74) is 2.81.